The maximum Gasteiger partial charge on any atom is 0.138 e. The summed E-state index contributed by atoms with van der Waals surface area (Å²) in [4.78, 5) is 0. The van der Waals surface area contributed by atoms with Gasteiger partial charge in [0.05, 0.1) is 5.02 Å². The van der Waals surface area contributed by atoms with Crippen LogP contribution in [0.25, 0.3) is 0 Å². The fourth-order valence-electron chi connectivity index (χ4n) is 1.13. The minimum absolute atomic E-state index is 0.0377. The summed E-state index contributed by atoms with van der Waals surface area (Å²) in [6, 6.07) is 5.41. The summed E-state index contributed by atoms with van der Waals surface area (Å²) in [5.41, 5.74) is 6.47. The molecule has 1 rings (SSSR count). The van der Waals surface area contributed by atoms with Crippen molar-refractivity contribution in [2.45, 2.75) is 6.42 Å². The van der Waals surface area contributed by atoms with Crippen LogP contribution >= 0.6 is 11.6 Å². The Balaban J connectivity index is 2.68. The van der Waals surface area contributed by atoms with Crippen LogP contribution in [0, 0.1) is 0 Å². The minimum Gasteiger partial charge on any atom is -0.489 e. The molecule has 1 aromatic carbocycles. The Morgan fingerprint density at radius 2 is 2.21 bits per heavy atom. The Morgan fingerprint density at radius 3 is 2.79 bits per heavy atom. The summed E-state index contributed by atoms with van der Waals surface area (Å²) < 4.78 is 16.9. The number of rotatable bonds is 5. The quantitative estimate of drug-likeness (QED) is 0.821. The van der Waals surface area contributed by atoms with Crippen LogP contribution < -0.4 is 10.5 Å². The highest BCUT2D eigenvalue weighted by atomic mass is 35.5. The minimum atomic E-state index is -0.513. The lowest BCUT2D eigenvalue weighted by atomic mass is 10.1. The summed E-state index contributed by atoms with van der Waals surface area (Å²) >= 11 is 5.91. The van der Waals surface area contributed by atoms with E-state index in [0.29, 0.717) is 17.3 Å². The zero-order valence-corrected chi connectivity index (χ0v) is 8.56. The number of alkyl halides is 1. The molecule has 0 aliphatic heterocycles. The van der Waals surface area contributed by atoms with E-state index in [9.17, 15) is 4.39 Å². The maximum absolute atomic E-state index is 11.8. The predicted molar refractivity (Wildman–Crippen MR) is 55.7 cm³/mol. The number of hydrogen-bond donors (Lipinski definition) is 1. The second-order valence-electron chi connectivity index (χ2n) is 2.84. The van der Waals surface area contributed by atoms with Crippen LogP contribution in [0.5, 0.6) is 5.75 Å². The average Bonchev–Trinajstić information content (AvgIpc) is 2.17. The zero-order valence-electron chi connectivity index (χ0n) is 7.80. The monoisotopic (exact) mass is 217 g/mol. The van der Waals surface area contributed by atoms with Crippen molar-refractivity contribution in [1.82, 2.24) is 0 Å². The first-order valence-electron chi connectivity index (χ1n) is 4.45. The highest BCUT2D eigenvalue weighted by Gasteiger charge is 2.02. The molecule has 4 heteroatoms. The SMILES string of the molecule is NCCc1ccc(OCCF)c(Cl)c1. The van der Waals surface area contributed by atoms with Gasteiger partial charge in [0.15, 0.2) is 0 Å². The maximum atomic E-state index is 11.8. The van der Waals surface area contributed by atoms with E-state index in [1.807, 2.05) is 6.07 Å². The first-order valence-corrected chi connectivity index (χ1v) is 4.83. The van der Waals surface area contributed by atoms with Gasteiger partial charge in [0.25, 0.3) is 0 Å². The molecule has 0 bridgehead atoms. The number of nitrogens with two attached hydrogens (primary N) is 1. The van der Waals surface area contributed by atoms with E-state index in [2.05, 4.69) is 0 Å². The van der Waals surface area contributed by atoms with Crippen molar-refractivity contribution in [3.63, 3.8) is 0 Å². The van der Waals surface area contributed by atoms with Crippen LogP contribution in [-0.4, -0.2) is 19.8 Å². The van der Waals surface area contributed by atoms with Crippen molar-refractivity contribution in [3.8, 4) is 5.75 Å². The lowest BCUT2D eigenvalue weighted by Crippen LogP contribution is -2.03. The molecule has 0 radical (unpaired) electrons. The zero-order chi connectivity index (χ0) is 10.4. The van der Waals surface area contributed by atoms with E-state index in [-0.39, 0.29) is 6.61 Å². The van der Waals surface area contributed by atoms with Gasteiger partial charge in [0.1, 0.15) is 19.0 Å². The summed E-state index contributed by atoms with van der Waals surface area (Å²) in [7, 11) is 0. The molecule has 1 aromatic rings. The molecule has 0 saturated carbocycles. The molecular formula is C10H13ClFNO. The van der Waals surface area contributed by atoms with E-state index < -0.39 is 6.67 Å². The van der Waals surface area contributed by atoms with E-state index in [4.69, 9.17) is 22.1 Å². The summed E-state index contributed by atoms with van der Waals surface area (Å²) in [6.45, 7) is 0.109. The van der Waals surface area contributed by atoms with Crippen molar-refractivity contribution in [1.29, 1.82) is 0 Å². The first kappa shape index (κ1) is 11.3. The topological polar surface area (TPSA) is 35.2 Å². The Morgan fingerprint density at radius 1 is 1.43 bits per heavy atom. The molecule has 2 N–H and O–H groups in total. The third-order valence-electron chi connectivity index (χ3n) is 1.76. The molecule has 0 aliphatic rings. The van der Waals surface area contributed by atoms with Crippen LogP contribution in [0.2, 0.25) is 5.02 Å². The molecule has 0 saturated heterocycles. The normalized spacial score (nSPS) is 10.2. The highest BCUT2D eigenvalue weighted by Crippen LogP contribution is 2.25. The molecule has 0 fully saturated rings. The van der Waals surface area contributed by atoms with E-state index in [1.165, 1.54) is 0 Å². The fraction of sp³-hybridized carbons (Fsp3) is 0.400. The number of ether oxygens (including phenoxy) is 1. The van der Waals surface area contributed by atoms with Crippen LogP contribution in [0.3, 0.4) is 0 Å². The Labute approximate surface area is 87.8 Å². The lowest BCUT2D eigenvalue weighted by molar-refractivity contribution is 0.273. The van der Waals surface area contributed by atoms with Crippen LogP contribution in [-0.2, 0) is 6.42 Å². The van der Waals surface area contributed by atoms with Crippen LogP contribution in [0.15, 0.2) is 18.2 Å². The van der Waals surface area contributed by atoms with E-state index in [0.717, 1.165) is 12.0 Å². The average molecular weight is 218 g/mol. The molecule has 78 valence electrons. The molecule has 0 amide bonds. The summed E-state index contributed by atoms with van der Waals surface area (Å²) in [5.74, 6) is 0.519. The second kappa shape index (κ2) is 5.83. The third-order valence-corrected chi connectivity index (χ3v) is 2.06. The van der Waals surface area contributed by atoms with Gasteiger partial charge in [-0.25, -0.2) is 4.39 Å². The number of halogens is 2. The van der Waals surface area contributed by atoms with E-state index in [1.54, 1.807) is 12.1 Å². The highest BCUT2D eigenvalue weighted by molar-refractivity contribution is 6.32. The number of benzene rings is 1. The van der Waals surface area contributed by atoms with Gasteiger partial charge in [-0.1, -0.05) is 17.7 Å². The molecule has 0 unspecified atom stereocenters. The molecule has 14 heavy (non-hydrogen) atoms. The van der Waals surface area contributed by atoms with Gasteiger partial charge < -0.3 is 10.5 Å². The Hall–Kier alpha value is -0.800. The largest absolute Gasteiger partial charge is 0.489 e. The third kappa shape index (κ3) is 3.16. The van der Waals surface area contributed by atoms with Crippen molar-refractivity contribution in [2.24, 2.45) is 5.73 Å². The van der Waals surface area contributed by atoms with Crippen molar-refractivity contribution >= 4 is 11.6 Å². The Kier molecular flexibility index (Phi) is 4.70. The summed E-state index contributed by atoms with van der Waals surface area (Å²) in [6.07, 6.45) is 0.781. The van der Waals surface area contributed by atoms with Crippen molar-refractivity contribution in [3.05, 3.63) is 28.8 Å². The number of hydrogen-bond acceptors (Lipinski definition) is 2. The molecule has 2 nitrogen and oxygen atoms in total. The van der Waals surface area contributed by atoms with Gasteiger partial charge in [-0.2, -0.15) is 0 Å². The second-order valence-corrected chi connectivity index (χ2v) is 3.25. The molecule has 0 aromatic heterocycles. The summed E-state index contributed by atoms with van der Waals surface area (Å²) in [5, 5.41) is 0.504. The van der Waals surface area contributed by atoms with Gasteiger partial charge in [-0.05, 0) is 30.7 Å². The first-order chi connectivity index (χ1) is 6.77. The predicted octanol–water partition coefficient (Wildman–Crippen LogP) is 2.19. The fourth-order valence-corrected chi connectivity index (χ4v) is 1.39. The van der Waals surface area contributed by atoms with Crippen LogP contribution in [0.1, 0.15) is 5.56 Å². The standard InChI is InChI=1S/C10H13ClFNO/c11-9-7-8(3-5-13)1-2-10(9)14-6-4-12/h1-2,7H,3-6,13H2. The van der Waals surface area contributed by atoms with Crippen molar-refractivity contribution in [2.75, 3.05) is 19.8 Å². The van der Waals surface area contributed by atoms with Gasteiger partial charge in [-0.15, -0.1) is 0 Å². The Bertz CT molecular complexity index is 293. The van der Waals surface area contributed by atoms with Crippen molar-refractivity contribution < 1.29 is 9.13 Å². The molecular weight excluding hydrogens is 205 g/mol. The molecule has 0 spiro atoms. The van der Waals surface area contributed by atoms with Gasteiger partial charge >= 0.3 is 0 Å². The smallest absolute Gasteiger partial charge is 0.138 e. The molecule has 0 atom stereocenters. The van der Waals surface area contributed by atoms with Gasteiger partial charge in [-0.3, -0.25) is 0 Å². The van der Waals surface area contributed by atoms with Gasteiger partial charge in [0.2, 0.25) is 0 Å². The molecule has 0 heterocycles. The van der Waals surface area contributed by atoms with Crippen LogP contribution in [0.4, 0.5) is 4.39 Å². The lowest BCUT2D eigenvalue weighted by Gasteiger charge is -2.07. The van der Waals surface area contributed by atoms with Gasteiger partial charge in [0, 0.05) is 0 Å². The van der Waals surface area contributed by atoms with E-state index >= 15 is 0 Å². The molecule has 0 aliphatic carbocycles.